The van der Waals surface area contributed by atoms with E-state index in [0.717, 1.165) is 35.1 Å². The minimum atomic E-state index is -0.524. The lowest BCUT2D eigenvalue weighted by Crippen LogP contribution is -2.34. The molecule has 19 heavy (non-hydrogen) atoms. The van der Waals surface area contributed by atoms with Crippen LogP contribution in [0.2, 0.25) is 0 Å². The SMILES string of the molecule is CCCCN(CC(N)=O)c1ccc([C@@H](C)O)c(Br)c1. The van der Waals surface area contributed by atoms with Crippen molar-refractivity contribution in [2.45, 2.75) is 32.8 Å². The fourth-order valence-corrected chi connectivity index (χ4v) is 2.59. The first-order valence-electron chi connectivity index (χ1n) is 6.46. The van der Waals surface area contributed by atoms with E-state index in [1.165, 1.54) is 0 Å². The number of unbranched alkanes of at least 4 members (excludes halogenated alkanes) is 1. The number of halogens is 1. The average molecular weight is 329 g/mol. The predicted molar refractivity (Wildman–Crippen MR) is 81.1 cm³/mol. The molecular weight excluding hydrogens is 308 g/mol. The minimum absolute atomic E-state index is 0.209. The highest BCUT2D eigenvalue weighted by atomic mass is 79.9. The van der Waals surface area contributed by atoms with Crippen LogP contribution in [0.1, 0.15) is 38.4 Å². The second kappa shape index (κ2) is 7.50. The van der Waals surface area contributed by atoms with Gasteiger partial charge in [0.05, 0.1) is 12.6 Å². The number of carbonyl (C=O) groups is 1. The molecule has 5 heteroatoms. The molecule has 3 N–H and O–H groups in total. The smallest absolute Gasteiger partial charge is 0.236 e. The zero-order chi connectivity index (χ0) is 14.4. The van der Waals surface area contributed by atoms with Crippen molar-refractivity contribution in [2.24, 2.45) is 5.73 Å². The van der Waals surface area contributed by atoms with Crippen LogP contribution in [0.15, 0.2) is 22.7 Å². The Morgan fingerprint density at radius 3 is 2.68 bits per heavy atom. The van der Waals surface area contributed by atoms with Crippen LogP contribution in [0.5, 0.6) is 0 Å². The zero-order valence-corrected chi connectivity index (χ0v) is 13.0. The molecule has 0 aromatic heterocycles. The molecule has 0 bridgehead atoms. The molecule has 0 heterocycles. The topological polar surface area (TPSA) is 66.6 Å². The van der Waals surface area contributed by atoms with Crippen LogP contribution in [0.3, 0.4) is 0 Å². The Morgan fingerprint density at radius 1 is 1.53 bits per heavy atom. The number of aliphatic hydroxyl groups is 1. The van der Waals surface area contributed by atoms with E-state index in [0.29, 0.717) is 0 Å². The summed E-state index contributed by atoms with van der Waals surface area (Å²) >= 11 is 3.45. The number of carbonyl (C=O) groups excluding carboxylic acids is 1. The number of nitrogens with two attached hydrogens (primary N) is 1. The molecule has 0 aliphatic rings. The van der Waals surface area contributed by atoms with Crippen molar-refractivity contribution in [3.05, 3.63) is 28.2 Å². The van der Waals surface area contributed by atoms with Crippen LogP contribution in [0.4, 0.5) is 5.69 Å². The number of anilines is 1. The van der Waals surface area contributed by atoms with E-state index in [2.05, 4.69) is 22.9 Å². The van der Waals surface area contributed by atoms with Gasteiger partial charge >= 0.3 is 0 Å². The van der Waals surface area contributed by atoms with Crippen LogP contribution in [-0.2, 0) is 4.79 Å². The first-order chi connectivity index (χ1) is 8.95. The highest BCUT2D eigenvalue weighted by Crippen LogP contribution is 2.28. The van der Waals surface area contributed by atoms with Gasteiger partial charge in [-0.3, -0.25) is 4.79 Å². The molecule has 1 aromatic carbocycles. The fourth-order valence-electron chi connectivity index (χ4n) is 1.89. The summed E-state index contributed by atoms with van der Waals surface area (Å²) in [5.41, 5.74) is 7.05. The van der Waals surface area contributed by atoms with Crippen molar-refractivity contribution in [1.29, 1.82) is 0 Å². The normalized spacial score (nSPS) is 12.2. The molecule has 0 saturated carbocycles. The first-order valence-corrected chi connectivity index (χ1v) is 7.25. The maximum absolute atomic E-state index is 11.1. The molecule has 1 rings (SSSR count). The van der Waals surface area contributed by atoms with Crippen molar-refractivity contribution in [1.82, 2.24) is 0 Å². The Morgan fingerprint density at radius 2 is 2.21 bits per heavy atom. The van der Waals surface area contributed by atoms with Gasteiger partial charge in [0.25, 0.3) is 0 Å². The summed E-state index contributed by atoms with van der Waals surface area (Å²) in [6, 6.07) is 5.69. The molecule has 0 spiro atoms. The second-order valence-electron chi connectivity index (χ2n) is 4.62. The van der Waals surface area contributed by atoms with Crippen LogP contribution in [0.25, 0.3) is 0 Å². The summed E-state index contributed by atoms with van der Waals surface area (Å²) in [6.07, 6.45) is 1.54. The van der Waals surface area contributed by atoms with E-state index >= 15 is 0 Å². The van der Waals surface area contributed by atoms with E-state index < -0.39 is 6.10 Å². The van der Waals surface area contributed by atoms with Gasteiger partial charge in [-0.1, -0.05) is 35.3 Å². The Balaban J connectivity index is 2.95. The van der Waals surface area contributed by atoms with Gasteiger partial charge in [-0.2, -0.15) is 0 Å². The molecule has 0 unspecified atom stereocenters. The molecule has 0 radical (unpaired) electrons. The number of primary amides is 1. The Bertz CT molecular complexity index is 435. The molecule has 106 valence electrons. The third kappa shape index (κ3) is 4.84. The molecule has 0 aliphatic carbocycles. The Labute approximate surface area is 122 Å². The third-order valence-corrected chi connectivity index (χ3v) is 3.61. The summed E-state index contributed by atoms with van der Waals surface area (Å²) in [5.74, 6) is -0.341. The lowest BCUT2D eigenvalue weighted by molar-refractivity contribution is -0.116. The second-order valence-corrected chi connectivity index (χ2v) is 5.48. The Hall–Kier alpha value is -1.07. The monoisotopic (exact) mass is 328 g/mol. The van der Waals surface area contributed by atoms with E-state index in [-0.39, 0.29) is 12.5 Å². The van der Waals surface area contributed by atoms with Gasteiger partial charge in [0.15, 0.2) is 0 Å². The van der Waals surface area contributed by atoms with Crippen LogP contribution in [-0.4, -0.2) is 24.1 Å². The number of amides is 1. The third-order valence-electron chi connectivity index (χ3n) is 2.93. The van der Waals surface area contributed by atoms with Gasteiger partial charge in [-0.25, -0.2) is 0 Å². The predicted octanol–water partition coefficient (Wildman–Crippen LogP) is 2.59. The summed E-state index contributed by atoms with van der Waals surface area (Å²) in [7, 11) is 0. The van der Waals surface area contributed by atoms with Crippen molar-refractivity contribution in [3.8, 4) is 0 Å². The standard InChI is InChI=1S/C14H21BrN2O2/c1-3-4-7-17(9-14(16)19)11-5-6-12(10(2)18)13(15)8-11/h5-6,8,10,18H,3-4,7,9H2,1-2H3,(H2,16,19)/t10-/m1/s1. The lowest BCUT2D eigenvalue weighted by Gasteiger charge is -2.24. The van der Waals surface area contributed by atoms with Gasteiger partial charge in [0.2, 0.25) is 5.91 Å². The molecular formula is C14H21BrN2O2. The van der Waals surface area contributed by atoms with Crippen molar-refractivity contribution in [3.63, 3.8) is 0 Å². The van der Waals surface area contributed by atoms with Crippen molar-refractivity contribution >= 4 is 27.5 Å². The van der Waals surface area contributed by atoms with Crippen molar-refractivity contribution < 1.29 is 9.90 Å². The number of benzene rings is 1. The maximum atomic E-state index is 11.1. The van der Waals surface area contributed by atoms with Gasteiger partial charge < -0.3 is 15.7 Å². The van der Waals surface area contributed by atoms with Crippen LogP contribution < -0.4 is 10.6 Å². The zero-order valence-electron chi connectivity index (χ0n) is 11.4. The highest BCUT2D eigenvalue weighted by molar-refractivity contribution is 9.10. The molecule has 0 aliphatic heterocycles. The first kappa shape index (κ1) is 16.0. The Kier molecular flexibility index (Phi) is 6.31. The summed E-state index contributed by atoms with van der Waals surface area (Å²) in [4.78, 5) is 13.1. The number of hydrogen-bond donors (Lipinski definition) is 2. The highest BCUT2D eigenvalue weighted by Gasteiger charge is 2.12. The summed E-state index contributed by atoms with van der Waals surface area (Å²) in [5, 5.41) is 9.60. The van der Waals surface area contributed by atoms with Gasteiger partial charge in [0.1, 0.15) is 0 Å². The van der Waals surface area contributed by atoms with E-state index in [1.807, 2.05) is 23.1 Å². The van der Waals surface area contributed by atoms with Crippen LogP contribution >= 0.6 is 15.9 Å². The largest absolute Gasteiger partial charge is 0.389 e. The number of hydrogen-bond acceptors (Lipinski definition) is 3. The fraction of sp³-hybridized carbons (Fsp3) is 0.500. The van der Waals surface area contributed by atoms with Gasteiger partial charge in [-0.05, 0) is 31.0 Å². The molecule has 1 aromatic rings. The van der Waals surface area contributed by atoms with Crippen molar-refractivity contribution in [2.75, 3.05) is 18.0 Å². The van der Waals surface area contributed by atoms with E-state index in [4.69, 9.17) is 5.73 Å². The molecule has 4 nitrogen and oxygen atoms in total. The molecule has 0 saturated heterocycles. The van der Waals surface area contributed by atoms with Crippen LogP contribution in [0, 0.1) is 0 Å². The van der Waals surface area contributed by atoms with Gasteiger partial charge in [0, 0.05) is 16.7 Å². The summed E-state index contributed by atoms with van der Waals surface area (Å²) < 4.78 is 0.839. The van der Waals surface area contributed by atoms with E-state index in [9.17, 15) is 9.90 Å². The molecule has 1 atom stereocenters. The number of aliphatic hydroxyl groups excluding tert-OH is 1. The van der Waals surface area contributed by atoms with E-state index in [1.54, 1.807) is 6.92 Å². The molecule has 0 fully saturated rings. The minimum Gasteiger partial charge on any atom is -0.389 e. The molecule has 1 amide bonds. The van der Waals surface area contributed by atoms with Gasteiger partial charge in [-0.15, -0.1) is 0 Å². The average Bonchev–Trinajstić information content (AvgIpc) is 2.33. The number of rotatable bonds is 7. The quantitative estimate of drug-likeness (QED) is 0.808. The number of nitrogens with zero attached hydrogens (tertiary/aromatic N) is 1. The summed E-state index contributed by atoms with van der Waals surface area (Å²) in [6.45, 7) is 4.83. The lowest BCUT2D eigenvalue weighted by atomic mass is 10.1. The maximum Gasteiger partial charge on any atom is 0.236 e.